The number of aromatic nitrogens is 8. The molecule has 0 saturated heterocycles. The molecule has 0 aliphatic rings. The maximum absolute atomic E-state index is 5.35. The minimum absolute atomic E-state index is 0.521. The first-order chi connectivity index (χ1) is 30.7. The molecule has 0 amide bonds. The first kappa shape index (κ1) is 35.3. The molecule has 4 aromatic heterocycles. The van der Waals surface area contributed by atoms with Crippen molar-refractivity contribution in [3.05, 3.63) is 206 Å². The third kappa shape index (κ3) is 5.92. The molecular weight excluding hydrogens is 761 g/mol. The van der Waals surface area contributed by atoms with E-state index in [1.807, 2.05) is 97.1 Å². The normalized spacial score (nSPS) is 11.5. The van der Waals surface area contributed by atoms with Crippen LogP contribution in [0, 0.1) is 0 Å². The van der Waals surface area contributed by atoms with Crippen molar-refractivity contribution in [1.29, 1.82) is 0 Å². The zero-order valence-corrected chi connectivity index (χ0v) is 33.2. The van der Waals surface area contributed by atoms with Crippen molar-refractivity contribution >= 4 is 43.6 Å². The molecule has 0 unspecified atom stereocenters. The SMILES string of the molecule is c1ccc(-c2cccc(-c3nc(-c4ccccc4)nc(-n4c5ccccc5c5ccc6c(c7ccccc7n6-c6nc(-c7ccccc7)nc(-c7ccccc7)n6)c54)n3)c2)cc1. The lowest BCUT2D eigenvalue weighted by atomic mass is 10.0. The van der Waals surface area contributed by atoms with Crippen LogP contribution in [-0.2, 0) is 0 Å². The third-order valence-corrected chi connectivity index (χ3v) is 11.4. The average Bonchev–Trinajstić information content (AvgIpc) is 3.88. The number of hydrogen-bond acceptors (Lipinski definition) is 6. The lowest BCUT2D eigenvalue weighted by Gasteiger charge is -2.12. The second kappa shape index (κ2) is 14.6. The summed E-state index contributed by atoms with van der Waals surface area (Å²) < 4.78 is 4.37. The van der Waals surface area contributed by atoms with Crippen molar-refractivity contribution in [1.82, 2.24) is 39.0 Å². The van der Waals surface area contributed by atoms with E-state index in [1.54, 1.807) is 0 Å². The Kier molecular flexibility index (Phi) is 8.31. The van der Waals surface area contributed by atoms with Crippen LogP contribution in [0.15, 0.2) is 206 Å². The Morgan fingerprint density at radius 2 is 0.677 bits per heavy atom. The summed E-state index contributed by atoms with van der Waals surface area (Å²) in [6.07, 6.45) is 0. The molecule has 0 saturated carbocycles. The Bertz CT molecular complexity index is 3560. The second-order valence-electron chi connectivity index (χ2n) is 15.2. The number of benzene rings is 8. The van der Waals surface area contributed by atoms with Crippen LogP contribution in [0.2, 0.25) is 0 Å². The van der Waals surface area contributed by atoms with E-state index in [-0.39, 0.29) is 0 Å². The van der Waals surface area contributed by atoms with Gasteiger partial charge < -0.3 is 0 Å². The molecule has 0 N–H and O–H groups in total. The van der Waals surface area contributed by atoms with E-state index in [2.05, 4.69) is 118 Å². The number of rotatable bonds is 7. The monoisotopic (exact) mass is 794 g/mol. The fourth-order valence-electron chi connectivity index (χ4n) is 8.61. The lowest BCUT2D eigenvalue weighted by molar-refractivity contribution is 0.951. The molecule has 4 heterocycles. The summed E-state index contributed by atoms with van der Waals surface area (Å²) >= 11 is 0. The largest absolute Gasteiger partial charge is 0.278 e. The van der Waals surface area contributed by atoms with Crippen molar-refractivity contribution in [3.63, 3.8) is 0 Å². The van der Waals surface area contributed by atoms with Crippen molar-refractivity contribution < 1.29 is 0 Å². The van der Waals surface area contributed by atoms with Gasteiger partial charge in [-0.3, -0.25) is 9.13 Å². The number of nitrogens with zero attached hydrogens (tertiary/aromatic N) is 8. The maximum atomic E-state index is 5.35. The van der Waals surface area contributed by atoms with Gasteiger partial charge in [0.1, 0.15) is 0 Å². The summed E-state index contributed by atoms with van der Waals surface area (Å²) in [5, 5.41) is 4.25. The van der Waals surface area contributed by atoms with E-state index < -0.39 is 0 Å². The van der Waals surface area contributed by atoms with Crippen molar-refractivity contribution in [2.75, 3.05) is 0 Å². The van der Waals surface area contributed by atoms with Gasteiger partial charge in [0.15, 0.2) is 23.3 Å². The van der Waals surface area contributed by atoms with Gasteiger partial charge in [-0.05, 0) is 35.4 Å². The number of fused-ring (bicyclic) bond motifs is 7. The fourth-order valence-corrected chi connectivity index (χ4v) is 8.61. The first-order valence-corrected chi connectivity index (χ1v) is 20.6. The summed E-state index contributed by atoms with van der Waals surface area (Å²) in [5.74, 6) is 3.41. The molecule has 0 aliphatic carbocycles. The van der Waals surface area contributed by atoms with Crippen LogP contribution in [0.25, 0.3) is 112 Å². The molecule has 0 radical (unpaired) electrons. The van der Waals surface area contributed by atoms with Gasteiger partial charge in [0.05, 0.1) is 22.1 Å². The van der Waals surface area contributed by atoms with Gasteiger partial charge >= 0.3 is 0 Å². The highest BCUT2D eigenvalue weighted by Crippen LogP contribution is 2.42. The Morgan fingerprint density at radius 3 is 1.24 bits per heavy atom. The summed E-state index contributed by atoms with van der Waals surface area (Å²) in [6, 6.07) is 70.4. The molecule has 8 aromatic carbocycles. The average molecular weight is 795 g/mol. The zero-order chi connectivity index (χ0) is 41.0. The fraction of sp³-hybridized carbons (Fsp3) is 0. The van der Waals surface area contributed by atoms with E-state index in [1.165, 1.54) is 0 Å². The molecular formula is C54H34N8. The van der Waals surface area contributed by atoms with Gasteiger partial charge in [-0.15, -0.1) is 0 Å². The van der Waals surface area contributed by atoms with Crippen LogP contribution in [0.5, 0.6) is 0 Å². The molecule has 0 aliphatic heterocycles. The molecule has 12 rings (SSSR count). The Balaban J connectivity index is 1.16. The maximum Gasteiger partial charge on any atom is 0.238 e. The molecule has 0 bridgehead atoms. The van der Waals surface area contributed by atoms with Crippen LogP contribution in [0.3, 0.4) is 0 Å². The van der Waals surface area contributed by atoms with Gasteiger partial charge in [-0.2, -0.15) is 19.9 Å². The Morgan fingerprint density at radius 1 is 0.258 bits per heavy atom. The molecule has 0 fully saturated rings. The third-order valence-electron chi connectivity index (χ3n) is 11.4. The quantitative estimate of drug-likeness (QED) is 0.160. The minimum atomic E-state index is 0.521. The van der Waals surface area contributed by atoms with Gasteiger partial charge in [0, 0.05) is 43.8 Å². The molecule has 8 nitrogen and oxygen atoms in total. The Labute approximate surface area is 356 Å². The highest BCUT2D eigenvalue weighted by molar-refractivity contribution is 6.26. The van der Waals surface area contributed by atoms with E-state index in [4.69, 9.17) is 29.9 Å². The van der Waals surface area contributed by atoms with E-state index >= 15 is 0 Å². The minimum Gasteiger partial charge on any atom is -0.278 e. The molecule has 0 spiro atoms. The topological polar surface area (TPSA) is 87.2 Å². The summed E-state index contributed by atoms with van der Waals surface area (Å²) in [7, 11) is 0. The molecule has 8 heteroatoms. The number of hydrogen-bond donors (Lipinski definition) is 0. The van der Waals surface area contributed by atoms with E-state index in [0.717, 1.165) is 77.0 Å². The summed E-state index contributed by atoms with van der Waals surface area (Å²) in [5.41, 5.74) is 9.70. The molecule has 62 heavy (non-hydrogen) atoms. The predicted octanol–water partition coefficient (Wildman–Crippen LogP) is 12.6. The zero-order valence-electron chi connectivity index (χ0n) is 33.2. The molecule has 290 valence electrons. The number of para-hydroxylation sites is 2. The van der Waals surface area contributed by atoms with Crippen LogP contribution in [0.4, 0.5) is 0 Å². The highest BCUT2D eigenvalue weighted by atomic mass is 15.2. The van der Waals surface area contributed by atoms with Crippen LogP contribution in [0.1, 0.15) is 0 Å². The van der Waals surface area contributed by atoms with Gasteiger partial charge in [0.25, 0.3) is 0 Å². The Hall–Kier alpha value is -8.62. The van der Waals surface area contributed by atoms with Gasteiger partial charge in [-0.1, -0.05) is 182 Å². The molecule has 0 atom stereocenters. The van der Waals surface area contributed by atoms with Crippen LogP contribution in [-0.4, -0.2) is 39.0 Å². The lowest BCUT2D eigenvalue weighted by Crippen LogP contribution is -2.07. The van der Waals surface area contributed by atoms with Gasteiger partial charge in [0.2, 0.25) is 11.9 Å². The van der Waals surface area contributed by atoms with Gasteiger partial charge in [-0.25, -0.2) is 9.97 Å². The first-order valence-electron chi connectivity index (χ1n) is 20.6. The van der Waals surface area contributed by atoms with Crippen LogP contribution >= 0.6 is 0 Å². The summed E-state index contributed by atoms with van der Waals surface area (Å²) in [6.45, 7) is 0. The standard InChI is InChI=1S/C54H34N8/c1-5-18-35(19-6-1)39-26-17-27-40(34-39)52-56-51(38-24-11-4-12-25-38)59-54(60-52)62-44-30-15-13-28-41(44)42-32-33-46-47(48(42)62)43-29-14-16-31-45(43)61(46)53-57-49(36-20-7-2-8-21-36)55-50(58-53)37-22-9-3-10-23-37/h1-34H. The summed E-state index contributed by atoms with van der Waals surface area (Å²) in [4.78, 5) is 31.2. The van der Waals surface area contributed by atoms with Crippen molar-refractivity contribution in [3.8, 4) is 68.6 Å². The second-order valence-corrected chi connectivity index (χ2v) is 15.2. The smallest absolute Gasteiger partial charge is 0.238 e. The molecule has 12 aromatic rings. The van der Waals surface area contributed by atoms with Crippen molar-refractivity contribution in [2.24, 2.45) is 0 Å². The van der Waals surface area contributed by atoms with Crippen molar-refractivity contribution in [2.45, 2.75) is 0 Å². The highest BCUT2D eigenvalue weighted by Gasteiger charge is 2.24. The van der Waals surface area contributed by atoms with Crippen LogP contribution < -0.4 is 0 Å². The van der Waals surface area contributed by atoms with E-state index in [9.17, 15) is 0 Å². The van der Waals surface area contributed by atoms with E-state index in [0.29, 0.717) is 35.2 Å². The predicted molar refractivity (Wildman–Crippen MR) is 249 cm³/mol.